The molecule has 0 spiro atoms. The van der Waals surface area contributed by atoms with Gasteiger partial charge in [-0.05, 0) is 53.6 Å². The number of urea groups is 1. The number of likely N-dealkylation sites (tertiary alicyclic amines) is 3. The number of hydrogen-bond donors (Lipinski definition) is 3. The SMILES string of the molecule is COc1cc(N)c(Br)cc1C(=O)NC1CCN(CC2CCN(C(=O)N3CC(O)C3)CC2)CC1. The van der Waals surface area contributed by atoms with Crippen molar-refractivity contribution in [2.45, 2.75) is 37.8 Å². The Balaban J connectivity index is 1.19. The molecule has 4 N–H and O–H groups in total. The minimum atomic E-state index is -0.352. The molecule has 4 rings (SSSR count). The third kappa shape index (κ3) is 5.73. The zero-order valence-corrected chi connectivity index (χ0v) is 20.7. The summed E-state index contributed by atoms with van der Waals surface area (Å²) in [7, 11) is 1.54. The molecule has 3 fully saturated rings. The molecule has 1 aromatic rings. The van der Waals surface area contributed by atoms with Crippen molar-refractivity contribution in [3.8, 4) is 5.75 Å². The lowest BCUT2D eigenvalue weighted by Gasteiger charge is -2.42. The maximum Gasteiger partial charge on any atom is 0.320 e. The van der Waals surface area contributed by atoms with E-state index in [-0.39, 0.29) is 24.1 Å². The van der Waals surface area contributed by atoms with Crippen molar-refractivity contribution in [2.24, 2.45) is 5.92 Å². The number of methoxy groups -OCH3 is 1. The van der Waals surface area contributed by atoms with Crippen molar-refractivity contribution >= 4 is 33.6 Å². The second kappa shape index (κ2) is 10.5. The van der Waals surface area contributed by atoms with Gasteiger partial charge in [0.2, 0.25) is 0 Å². The van der Waals surface area contributed by atoms with Crippen molar-refractivity contribution in [1.29, 1.82) is 0 Å². The number of piperidine rings is 2. The number of aliphatic hydroxyl groups excluding tert-OH is 1. The lowest BCUT2D eigenvalue weighted by molar-refractivity contribution is 0.0110. The number of amides is 3. The lowest BCUT2D eigenvalue weighted by atomic mass is 9.94. The summed E-state index contributed by atoms with van der Waals surface area (Å²) < 4.78 is 6.01. The first-order valence-corrected chi connectivity index (χ1v) is 12.5. The van der Waals surface area contributed by atoms with E-state index in [4.69, 9.17) is 10.5 Å². The summed E-state index contributed by atoms with van der Waals surface area (Å²) in [5.74, 6) is 0.928. The van der Waals surface area contributed by atoms with E-state index in [0.717, 1.165) is 58.4 Å². The number of hydrogen-bond acceptors (Lipinski definition) is 6. The van der Waals surface area contributed by atoms with E-state index >= 15 is 0 Å². The Hall–Kier alpha value is -2.04. The first-order chi connectivity index (χ1) is 15.8. The number of nitrogens with one attached hydrogen (secondary N) is 1. The summed E-state index contributed by atoms with van der Waals surface area (Å²) in [6.07, 6.45) is 3.52. The summed E-state index contributed by atoms with van der Waals surface area (Å²) in [4.78, 5) is 31.4. The van der Waals surface area contributed by atoms with Gasteiger partial charge < -0.3 is 35.6 Å². The van der Waals surface area contributed by atoms with Crippen molar-refractivity contribution in [1.82, 2.24) is 20.0 Å². The number of nitrogens with two attached hydrogens (primary N) is 1. The number of aliphatic hydroxyl groups is 1. The number of nitrogens with zero attached hydrogens (tertiary/aromatic N) is 3. The van der Waals surface area contributed by atoms with Crippen LogP contribution in [0.4, 0.5) is 10.5 Å². The molecule has 3 heterocycles. The first kappa shape index (κ1) is 24.1. The number of ether oxygens (including phenoxy) is 1. The van der Waals surface area contributed by atoms with E-state index in [0.29, 0.717) is 40.5 Å². The topological polar surface area (TPSA) is 111 Å². The zero-order chi connectivity index (χ0) is 23.5. The second-order valence-electron chi connectivity index (χ2n) is 9.39. The van der Waals surface area contributed by atoms with Crippen LogP contribution in [-0.4, -0.2) is 96.8 Å². The maximum atomic E-state index is 12.8. The largest absolute Gasteiger partial charge is 0.496 e. The Morgan fingerprint density at radius 2 is 1.79 bits per heavy atom. The molecule has 3 aliphatic rings. The summed E-state index contributed by atoms with van der Waals surface area (Å²) in [6, 6.07) is 3.58. The molecule has 0 radical (unpaired) electrons. The summed E-state index contributed by atoms with van der Waals surface area (Å²) in [6.45, 7) is 5.48. The molecule has 9 nitrogen and oxygen atoms in total. The van der Waals surface area contributed by atoms with Crippen LogP contribution >= 0.6 is 15.9 Å². The number of halogens is 1. The predicted octanol–water partition coefficient (Wildman–Crippen LogP) is 1.74. The van der Waals surface area contributed by atoms with Crippen molar-refractivity contribution < 1.29 is 19.4 Å². The number of carbonyl (C=O) groups excluding carboxylic acids is 2. The van der Waals surface area contributed by atoms with Crippen LogP contribution in [0.1, 0.15) is 36.0 Å². The van der Waals surface area contributed by atoms with Gasteiger partial charge in [0, 0.05) is 55.0 Å². The van der Waals surface area contributed by atoms with Gasteiger partial charge in [-0.2, -0.15) is 0 Å². The van der Waals surface area contributed by atoms with Crippen molar-refractivity contribution in [2.75, 3.05) is 58.7 Å². The molecule has 0 unspecified atom stereocenters. The average Bonchev–Trinajstić information content (AvgIpc) is 2.79. The van der Waals surface area contributed by atoms with Crippen molar-refractivity contribution in [3.05, 3.63) is 22.2 Å². The van der Waals surface area contributed by atoms with E-state index in [1.54, 1.807) is 17.0 Å². The van der Waals surface area contributed by atoms with E-state index in [1.165, 1.54) is 7.11 Å². The highest BCUT2D eigenvalue weighted by molar-refractivity contribution is 9.10. The maximum absolute atomic E-state index is 12.8. The molecular formula is C23H34BrN5O4. The highest BCUT2D eigenvalue weighted by Gasteiger charge is 2.34. The smallest absolute Gasteiger partial charge is 0.320 e. The van der Waals surface area contributed by atoms with Gasteiger partial charge >= 0.3 is 6.03 Å². The van der Waals surface area contributed by atoms with Gasteiger partial charge in [-0.15, -0.1) is 0 Å². The van der Waals surface area contributed by atoms with E-state index in [1.807, 2.05) is 4.90 Å². The normalized spacial score (nSPS) is 21.1. The summed E-state index contributed by atoms with van der Waals surface area (Å²) in [5, 5.41) is 12.6. The van der Waals surface area contributed by atoms with Crippen LogP contribution in [0.5, 0.6) is 5.75 Å². The van der Waals surface area contributed by atoms with Crippen LogP contribution in [0.2, 0.25) is 0 Å². The molecular weight excluding hydrogens is 490 g/mol. The molecule has 182 valence electrons. The molecule has 0 bridgehead atoms. The third-order valence-corrected chi connectivity index (χ3v) is 7.71. The third-order valence-electron chi connectivity index (χ3n) is 7.02. The van der Waals surface area contributed by atoms with E-state index in [2.05, 4.69) is 26.1 Å². The minimum absolute atomic E-state index is 0.0695. The molecule has 33 heavy (non-hydrogen) atoms. The Morgan fingerprint density at radius 1 is 1.12 bits per heavy atom. The van der Waals surface area contributed by atoms with Gasteiger partial charge in [0.25, 0.3) is 5.91 Å². The van der Waals surface area contributed by atoms with Crippen LogP contribution in [-0.2, 0) is 0 Å². The van der Waals surface area contributed by atoms with Gasteiger partial charge in [-0.3, -0.25) is 4.79 Å². The van der Waals surface area contributed by atoms with Crippen LogP contribution in [0.25, 0.3) is 0 Å². The Morgan fingerprint density at radius 3 is 2.39 bits per heavy atom. The standard InChI is InChI=1S/C23H34BrN5O4/c1-33-21-11-20(25)19(24)10-18(21)22(31)26-16-4-6-27(7-5-16)12-15-2-8-28(9-3-15)23(32)29-13-17(30)14-29/h10-11,15-17,30H,2-9,12-14,25H2,1H3,(H,26,31). The number of rotatable bonds is 5. The lowest BCUT2D eigenvalue weighted by Crippen LogP contribution is -2.58. The molecule has 0 aromatic heterocycles. The second-order valence-corrected chi connectivity index (χ2v) is 10.2. The molecule has 3 saturated heterocycles. The Kier molecular flexibility index (Phi) is 7.65. The summed E-state index contributed by atoms with van der Waals surface area (Å²) >= 11 is 3.38. The zero-order valence-electron chi connectivity index (χ0n) is 19.1. The molecule has 10 heteroatoms. The first-order valence-electron chi connectivity index (χ1n) is 11.7. The fraction of sp³-hybridized carbons (Fsp3) is 0.652. The number of anilines is 1. The van der Waals surface area contributed by atoms with E-state index in [9.17, 15) is 14.7 Å². The Bertz CT molecular complexity index is 863. The number of nitrogen functional groups attached to an aromatic ring is 1. The monoisotopic (exact) mass is 523 g/mol. The fourth-order valence-corrected chi connectivity index (χ4v) is 5.27. The van der Waals surface area contributed by atoms with Crippen molar-refractivity contribution in [3.63, 3.8) is 0 Å². The predicted molar refractivity (Wildman–Crippen MR) is 129 cm³/mol. The molecule has 0 aliphatic carbocycles. The van der Waals surface area contributed by atoms with Gasteiger partial charge in [-0.1, -0.05) is 0 Å². The van der Waals surface area contributed by atoms with Crippen LogP contribution < -0.4 is 15.8 Å². The van der Waals surface area contributed by atoms with Gasteiger partial charge in [0.15, 0.2) is 0 Å². The molecule has 0 atom stereocenters. The minimum Gasteiger partial charge on any atom is -0.496 e. The van der Waals surface area contributed by atoms with E-state index < -0.39 is 0 Å². The van der Waals surface area contributed by atoms with Crippen LogP contribution in [0, 0.1) is 5.92 Å². The average molecular weight is 524 g/mol. The highest BCUT2D eigenvalue weighted by Crippen LogP contribution is 2.29. The Labute approximate surface area is 203 Å². The fourth-order valence-electron chi connectivity index (χ4n) is 4.92. The quantitative estimate of drug-likeness (QED) is 0.507. The molecule has 1 aromatic carbocycles. The summed E-state index contributed by atoms with van der Waals surface area (Å²) in [5.41, 5.74) is 6.91. The van der Waals surface area contributed by atoms with Gasteiger partial charge in [0.05, 0.1) is 31.9 Å². The van der Waals surface area contributed by atoms with Gasteiger partial charge in [0.1, 0.15) is 5.75 Å². The molecule has 0 saturated carbocycles. The molecule has 3 aliphatic heterocycles. The van der Waals surface area contributed by atoms with Gasteiger partial charge in [-0.25, -0.2) is 4.79 Å². The molecule has 3 amide bonds. The van der Waals surface area contributed by atoms with Crippen LogP contribution in [0.3, 0.4) is 0 Å². The number of benzene rings is 1. The number of carbonyl (C=O) groups is 2. The van der Waals surface area contributed by atoms with Crippen LogP contribution in [0.15, 0.2) is 16.6 Å². The highest BCUT2D eigenvalue weighted by atomic mass is 79.9. The number of β-amino-alcohol motifs (C(OH)–C–C–N with tert-alkyl or cyclic N) is 1.